The first kappa shape index (κ1) is 13.6. The Bertz CT molecular complexity index is 322. The quantitative estimate of drug-likeness (QED) is 0.570. The van der Waals surface area contributed by atoms with Gasteiger partial charge in [0, 0.05) is 18.2 Å². The molecule has 0 radical (unpaired) electrons. The maximum absolute atomic E-state index is 11.4. The monoisotopic (exact) mass is 251 g/mol. The molecule has 1 heterocycles. The molecule has 1 aliphatic carbocycles. The number of carbonyl (C=O) groups excluding carboxylic acids is 1. The van der Waals surface area contributed by atoms with E-state index in [2.05, 4.69) is 4.90 Å². The van der Waals surface area contributed by atoms with E-state index in [1.807, 2.05) is 13.0 Å². The van der Waals surface area contributed by atoms with Crippen molar-refractivity contribution in [3.05, 3.63) is 11.6 Å². The maximum Gasteiger partial charge on any atom is 0.333 e. The molecule has 0 amide bonds. The molecule has 2 aliphatic rings. The van der Waals surface area contributed by atoms with Gasteiger partial charge in [-0.2, -0.15) is 0 Å². The van der Waals surface area contributed by atoms with Gasteiger partial charge < -0.3 is 4.74 Å². The second kappa shape index (κ2) is 6.37. The first-order valence-corrected chi connectivity index (χ1v) is 7.21. The van der Waals surface area contributed by atoms with Crippen molar-refractivity contribution in [1.82, 2.24) is 4.90 Å². The molecule has 2 rings (SSSR count). The summed E-state index contributed by atoms with van der Waals surface area (Å²) in [6.07, 6.45) is 10.3. The van der Waals surface area contributed by atoms with Crippen LogP contribution in [-0.4, -0.2) is 37.1 Å². The van der Waals surface area contributed by atoms with Crippen molar-refractivity contribution in [3.63, 3.8) is 0 Å². The zero-order chi connectivity index (χ0) is 13.0. The lowest BCUT2D eigenvalue weighted by atomic mass is 9.78. The van der Waals surface area contributed by atoms with Gasteiger partial charge in [0.25, 0.3) is 0 Å². The van der Waals surface area contributed by atoms with E-state index in [0.29, 0.717) is 0 Å². The number of ether oxygens (including phenoxy) is 1. The molecular weight excluding hydrogens is 226 g/mol. The molecule has 0 aromatic heterocycles. The van der Waals surface area contributed by atoms with E-state index in [4.69, 9.17) is 4.74 Å². The highest BCUT2D eigenvalue weighted by Gasteiger charge is 2.32. The SMILES string of the molecule is COC(=O)C(C)=CCN1CCCC2CCCCC21. The predicted molar refractivity (Wildman–Crippen MR) is 72.3 cm³/mol. The van der Waals surface area contributed by atoms with Crippen molar-refractivity contribution < 1.29 is 9.53 Å². The minimum absolute atomic E-state index is 0.202. The molecule has 0 aromatic carbocycles. The van der Waals surface area contributed by atoms with Gasteiger partial charge in [-0.25, -0.2) is 4.79 Å². The summed E-state index contributed by atoms with van der Waals surface area (Å²) < 4.78 is 4.73. The third-order valence-electron chi connectivity index (χ3n) is 4.50. The van der Waals surface area contributed by atoms with Crippen molar-refractivity contribution in [2.75, 3.05) is 20.2 Å². The number of esters is 1. The highest BCUT2D eigenvalue weighted by molar-refractivity contribution is 5.87. The van der Waals surface area contributed by atoms with Gasteiger partial charge in [-0.1, -0.05) is 18.9 Å². The molecule has 0 aromatic rings. The molecule has 1 saturated heterocycles. The number of nitrogens with zero attached hydrogens (tertiary/aromatic N) is 1. The fourth-order valence-electron chi connectivity index (χ4n) is 3.45. The smallest absolute Gasteiger partial charge is 0.333 e. The second-order valence-corrected chi connectivity index (χ2v) is 5.63. The Kier molecular flexibility index (Phi) is 4.81. The Morgan fingerprint density at radius 2 is 2.00 bits per heavy atom. The number of carbonyl (C=O) groups is 1. The van der Waals surface area contributed by atoms with E-state index in [0.717, 1.165) is 24.1 Å². The molecule has 3 heteroatoms. The van der Waals surface area contributed by atoms with Gasteiger partial charge in [0.1, 0.15) is 0 Å². The van der Waals surface area contributed by atoms with Crippen LogP contribution in [0.15, 0.2) is 11.6 Å². The number of likely N-dealkylation sites (tertiary alicyclic amines) is 1. The van der Waals surface area contributed by atoms with Gasteiger partial charge >= 0.3 is 5.97 Å². The first-order valence-electron chi connectivity index (χ1n) is 7.21. The zero-order valence-corrected chi connectivity index (χ0v) is 11.7. The molecule has 0 spiro atoms. The molecular formula is C15H25NO2. The Labute approximate surface area is 110 Å². The van der Waals surface area contributed by atoms with Crippen LogP contribution < -0.4 is 0 Å². The summed E-state index contributed by atoms with van der Waals surface area (Å²) in [6.45, 7) is 3.93. The van der Waals surface area contributed by atoms with Crippen LogP contribution in [0, 0.1) is 5.92 Å². The van der Waals surface area contributed by atoms with Crippen LogP contribution in [0.3, 0.4) is 0 Å². The summed E-state index contributed by atoms with van der Waals surface area (Å²) in [5.41, 5.74) is 0.732. The van der Waals surface area contributed by atoms with Crippen molar-refractivity contribution >= 4 is 5.97 Å². The van der Waals surface area contributed by atoms with Crippen LogP contribution >= 0.6 is 0 Å². The van der Waals surface area contributed by atoms with E-state index in [9.17, 15) is 4.79 Å². The summed E-state index contributed by atoms with van der Waals surface area (Å²) >= 11 is 0. The van der Waals surface area contributed by atoms with Crippen LogP contribution in [0.25, 0.3) is 0 Å². The normalized spacial score (nSPS) is 29.8. The van der Waals surface area contributed by atoms with Crippen molar-refractivity contribution in [1.29, 1.82) is 0 Å². The van der Waals surface area contributed by atoms with Crippen molar-refractivity contribution in [2.24, 2.45) is 5.92 Å². The highest BCUT2D eigenvalue weighted by atomic mass is 16.5. The average Bonchev–Trinajstić information content (AvgIpc) is 2.43. The minimum atomic E-state index is -0.202. The fraction of sp³-hybridized carbons (Fsp3) is 0.800. The van der Waals surface area contributed by atoms with E-state index in [-0.39, 0.29) is 5.97 Å². The molecule has 1 aliphatic heterocycles. The van der Waals surface area contributed by atoms with Gasteiger partial charge in [0.15, 0.2) is 0 Å². The van der Waals surface area contributed by atoms with Gasteiger partial charge in [-0.05, 0) is 45.1 Å². The summed E-state index contributed by atoms with van der Waals surface area (Å²) in [4.78, 5) is 13.9. The number of hydrogen-bond donors (Lipinski definition) is 0. The van der Waals surface area contributed by atoms with E-state index in [1.165, 1.54) is 52.2 Å². The van der Waals surface area contributed by atoms with Crippen LogP contribution in [0.4, 0.5) is 0 Å². The molecule has 0 bridgehead atoms. The van der Waals surface area contributed by atoms with E-state index in [1.54, 1.807) is 0 Å². The number of methoxy groups -OCH3 is 1. The Morgan fingerprint density at radius 3 is 2.78 bits per heavy atom. The molecule has 1 saturated carbocycles. The Balaban J connectivity index is 1.93. The standard InChI is InChI=1S/C15H25NO2/c1-12(15(17)18-2)9-11-16-10-5-7-13-6-3-4-8-14(13)16/h9,13-14H,3-8,10-11H2,1-2H3. The number of fused-ring (bicyclic) bond motifs is 1. The number of hydrogen-bond acceptors (Lipinski definition) is 3. The Morgan fingerprint density at radius 1 is 1.28 bits per heavy atom. The third kappa shape index (κ3) is 3.14. The lowest BCUT2D eigenvalue weighted by Crippen LogP contribution is -2.46. The van der Waals surface area contributed by atoms with Gasteiger partial charge in [-0.3, -0.25) is 4.90 Å². The largest absolute Gasteiger partial charge is 0.466 e. The van der Waals surface area contributed by atoms with Gasteiger partial charge in [0.05, 0.1) is 7.11 Å². The van der Waals surface area contributed by atoms with Crippen LogP contribution in [-0.2, 0) is 9.53 Å². The third-order valence-corrected chi connectivity index (χ3v) is 4.50. The number of rotatable bonds is 3. The van der Waals surface area contributed by atoms with Gasteiger partial charge in [0.2, 0.25) is 0 Å². The molecule has 0 N–H and O–H groups in total. The Hall–Kier alpha value is -0.830. The topological polar surface area (TPSA) is 29.5 Å². The number of piperidine rings is 1. The summed E-state index contributed by atoms with van der Waals surface area (Å²) in [5, 5.41) is 0. The summed E-state index contributed by atoms with van der Waals surface area (Å²) in [6, 6.07) is 0.759. The van der Waals surface area contributed by atoms with Crippen molar-refractivity contribution in [2.45, 2.75) is 51.5 Å². The van der Waals surface area contributed by atoms with Crippen LogP contribution in [0.2, 0.25) is 0 Å². The average molecular weight is 251 g/mol. The minimum Gasteiger partial charge on any atom is -0.466 e. The lowest BCUT2D eigenvalue weighted by molar-refractivity contribution is -0.136. The van der Waals surface area contributed by atoms with Crippen LogP contribution in [0.1, 0.15) is 45.4 Å². The van der Waals surface area contributed by atoms with Crippen LogP contribution in [0.5, 0.6) is 0 Å². The van der Waals surface area contributed by atoms with E-state index >= 15 is 0 Å². The molecule has 2 atom stereocenters. The molecule has 2 fully saturated rings. The zero-order valence-electron chi connectivity index (χ0n) is 11.7. The molecule has 3 nitrogen and oxygen atoms in total. The summed E-state index contributed by atoms with van der Waals surface area (Å²) in [7, 11) is 1.44. The molecule has 2 unspecified atom stereocenters. The van der Waals surface area contributed by atoms with Crippen molar-refractivity contribution in [3.8, 4) is 0 Å². The predicted octanol–water partition coefficient (Wildman–Crippen LogP) is 2.76. The molecule has 18 heavy (non-hydrogen) atoms. The lowest BCUT2D eigenvalue weighted by Gasteiger charge is -2.43. The maximum atomic E-state index is 11.4. The second-order valence-electron chi connectivity index (χ2n) is 5.63. The first-order chi connectivity index (χ1) is 8.72. The van der Waals surface area contributed by atoms with E-state index < -0.39 is 0 Å². The molecule has 102 valence electrons. The highest BCUT2D eigenvalue weighted by Crippen LogP contribution is 2.35. The fourth-order valence-corrected chi connectivity index (χ4v) is 3.45. The summed E-state index contributed by atoms with van der Waals surface area (Å²) in [5.74, 6) is 0.700. The van der Waals surface area contributed by atoms with Gasteiger partial charge in [-0.15, -0.1) is 0 Å².